The Morgan fingerprint density at radius 3 is 2.65 bits per heavy atom. The summed E-state index contributed by atoms with van der Waals surface area (Å²) in [5.41, 5.74) is 6.95. The SMILES string of the molecule is CC(C)(C)[C@@H]1OC(=O)[C@](C)([C@H](N=[N+]=[N-])c2ccco2)O1. The molecule has 1 saturated heterocycles. The first-order chi connectivity index (χ1) is 9.29. The van der Waals surface area contributed by atoms with Crippen LogP contribution in [0.15, 0.2) is 27.9 Å². The zero-order chi connectivity index (χ0) is 15.0. The summed E-state index contributed by atoms with van der Waals surface area (Å²) >= 11 is 0. The lowest BCUT2D eigenvalue weighted by atomic mass is 9.94. The van der Waals surface area contributed by atoms with Crippen LogP contribution in [0.3, 0.4) is 0 Å². The highest BCUT2D eigenvalue weighted by molar-refractivity contribution is 5.82. The fourth-order valence-corrected chi connectivity index (χ4v) is 1.98. The second kappa shape index (κ2) is 4.85. The largest absolute Gasteiger partial charge is 0.469 e. The van der Waals surface area contributed by atoms with Crippen LogP contribution >= 0.6 is 0 Å². The fraction of sp³-hybridized carbons (Fsp3) is 0.615. The molecule has 7 nitrogen and oxygen atoms in total. The Labute approximate surface area is 116 Å². The molecule has 1 aromatic rings. The highest BCUT2D eigenvalue weighted by Crippen LogP contribution is 2.43. The lowest BCUT2D eigenvalue weighted by molar-refractivity contribution is -0.156. The Hall–Kier alpha value is -1.98. The molecule has 0 aromatic carbocycles. The Balaban J connectivity index is 2.38. The molecule has 0 radical (unpaired) electrons. The topological polar surface area (TPSA) is 97.4 Å². The predicted octanol–water partition coefficient (Wildman–Crippen LogP) is 3.34. The lowest BCUT2D eigenvalue weighted by Gasteiger charge is -2.28. The molecule has 0 spiro atoms. The van der Waals surface area contributed by atoms with E-state index in [1.807, 2.05) is 20.8 Å². The molecule has 2 rings (SSSR count). The second-order valence-corrected chi connectivity index (χ2v) is 5.95. The third-order valence-corrected chi connectivity index (χ3v) is 3.18. The van der Waals surface area contributed by atoms with Crippen LogP contribution in [0.1, 0.15) is 39.5 Å². The summed E-state index contributed by atoms with van der Waals surface area (Å²) in [4.78, 5) is 15.0. The van der Waals surface area contributed by atoms with Crippen molar-refractivity contribution in [3.63, 3.8) is 0 Å². The number of esters is 1. The van der Waals surface area contributed by atoms with Crippen molar-refractivity contribution < 1.29 is 18.7 Å². The average molecular weight is 279 g/mol. The van der Waals surface area contributed by atoms with E-state index in [1.165, 1.54) is 6.26 Å². The molecule has 1 aliphatic heterocycles. The van der Waals surface area contributed by atoms with Gasteiger partial charge in [0.2, 0.25) is 6.29 Å². The van der Waals surface area contributed by atoms with Crippen LogP contribution in [0.4, 0.5) is 0 Å². The van der Waals surface area contributed by atoms with E-state index in [2.05, 4.69) is 10.0 Å². The van der Waals surface area contributed by atoms with Crippen molar-refractivity contribution >= 4 is 5.97 Å². The molecule has 0 aliphatic carbocycles. The molecule has 0 amide bonds. The summed E-state index contributed by atoms with van der Waals surface area (Å²) in [7, 11) is 0. The first-order valence-electron chi connectivity index (χ1n) is 6.25. The zero-order valence-electron chi connectivity index (χ0n) is 11.9. The van der Waals surface area contributed by atoms with Gasteiger partial charge in [0.05, 0.1) is 6.26 Å². The maximum atomic E-state index is 12.2. The number of nitrogens with zero attached hydrogens (tertiary/aromatic N) is 3. The van der Waals surface area contributed by atoms with Gasteiger partial charge in [-0.2, -0.15) is 0 Å². The molecule has 0 saturated carbocycles. The zero-order valence-corrected chi connectivity index (χ0v) is 11.9. The number of hydrogen-bond donors (Lipinski definition) is 0. The third-order valence-electron chi connectivity index (χ3n) is 3.18. The molecule has 1 aliphatic rings. The number of rotatable bonds is 3. The molecule has 0 bridgehead atoms. The monoisotopic (exact) mass is 279 g/mol. The van der Waals surface area contributed by atoms with E-state index in [1.54, 1.807) is 19.1 Å². The summed E-state index contributed by atoms with van der Waals surface area (Å²) in [5, 5.41) is 3.65. The van der Waals surface area contributed by atoms with Gasteiger partial charge in [0, 0.05) is 10.3 Å². The second-order valence-electron chi connectivity index (χ2n) is 5.95. The molecule has 20 heavy (non-hydrogen) atoms. The molecule has 0 N–H and O–H groups in total. The number of hydrogen-bond acceptors (Lipinski definition) is 5. The Morgan fingerprint density at radius 1 is 1.50 bits per heavy atom. The van der Waals surface area contributed by atoms with Gasteiger partial charge in [-0.3, -0.25) is 0 Å². The van der Waals surface area contributed by atoms with Crippen molar-refractivity contribution in [2.24, 2.45) is 10.5 Å². The smallest absolute Gasteiger partial charge is 0.341 e. The molecule has 7 heteroatoms. The number of carbonyl (C=O) groups excluding carboxylic acids is 1. The molecule has 108 valence electrons. The van der Waals surface area contributed by atoms with Crippen LogP contribution < -0.4 is 0 Å². The molecular formula is C13H17N3O4. The minimum absolute atomic E-state index is 0.358. The van der Waals surface area contributed by atoms with Gasteiger partial charge >= 0.3 is 5.97 Å². The van der Waals surface area contributed by atoms with Crippen LogP contribution in [0.2, 0.25) is 0 Å². The van der Waals surface area contributed by atoms with Crippen molar-refractivity contribution in [3.05, 3.63) is 34.6 Å². The van der Waals surface area contributed by atoms with E-state index in [-0.39, 0.29) is 5.41 Å². The van der Waals surface area contributed by atoms with E-state index in [4.69, 9.17) is 19.4 Å². The van der Waals surface area contributed by atoms with E-state index in [0.29, 0.717) is 5.76 Å². The van der Waals surface area contributed by atoms with Gasteiger partial charge in [-0.25, -0.2) is 4.79 Å². The van der Waals surface area contributed by atoms with Crippen LogP contribution in [-0.4, -0.2) is 17.9 Å². The highest BCUT2D eigenvalue weighted by atomic mass is 16.8. The minimum atomic E-state index is -1.40. The summed E-state index contributed by atoms with van der Waals surface area (Å²) in [6.45, 7) is 7.23. The van der Waals surface area contributed by atoms with Crippen molar-refractivity contribution in [1.29, 1.82) is 0 Å². The van der Waals surface area contributed by atoms with Gasteiger partial charge in [0.1, 0.15) is 11.8 Å². The van der Waals surface area contributed by atoms with Crippen molar-refractivity contribution in [3.8, 4) is 0 Å². The lowest BCUT2D eigenvalue weighted by Crippen LogP contribution is -2.39. The maximum Gasteiger partial charge on any atom is 0.341 e. The quantitative estimate of drug-likeness (QED) is 0.366. The predicted molar refractivity (Wildman–Crippen MR) is 69.4 cm³/mol. The summed E-state index contributed by atoms with van der Waals surface area (Å²) in [5.74, 6) is -0.206. The molecule has 2 heterocycles. The third kappa shape index (κ3) is 2.37. The van der Waals surface area contributed by atoms with Gasteiger partial charge in [-0.05, 0) is 24.6 Å². The van der Waals surface area contributed by atoms with Gasteiger partial charge in [-0.1, -0.05) is 25.9 Å². The molecule has 0 unspecified atom stereocenters. The summed E-state index contributed by atoms with van der Waals surface area (Å²) in [6, 6.07) is 2.37. The van der Waals surface area contributed by atoms with E-state index < -0.39 is 23.9 Å². The average Bonchev–Trinajstić information content (AvgIpc) is 2.95. The number of ether oxygens (including phenoxy) is 2. The molecule has 1 aromatic heterocycles. The van der Waals surface area contributed by atoms with Crippen LogP contribution in [-0.2, 0) is 14.3 Å². The van der Waals surface area contributed by atoms with E-state index in [9.17, 15) is 4.79 Å². The van der Waals surface area contributed by atoms with Crippen LogP contribution in [0.5, 0.6) is 0 Å². The normalized spacial score (nSPS) is 27.8. The number of furan rings is 1. The Kier molecular flexibility index (Phi) is 3.50. The van der Waals surface area contributed by atoms with Gasteiger partial charge in [-0.15, -0.1) is 0 Å². The summed E-state index contributed by atoms with van der Waals surface area (Å²) in [6.07, 6.45) is 0.742. The number of cyclic esters (lactones) is 1. The van der Waals surface area contributed by atoms with Crippen LogP contribution in [0.25, 0.3) is 10.4 Å². The Bertz CT molecular complexity index is 542. The molecule has 1 fully saturated rings. The summed E-state index contributed by atoms with van der Waals surface area (Å²) < 4.78 is 16.3. The first-order valence-corrected chi connectivity index (χ1v) is 6.25. The van der Waals surface area contributed by atoms with Crippen molar-refractivity contribution in [2.75, 3.05) is 0 Å². The van der Waals surface area contributed by atoms with Crippen molar-refractivity contribution in [1.82, 2.24) is 0 Å². The highest BCUT2D eigenvalue weighted by Gasteiger charge is 2.55. The van der Waals surface area contributed by atoms with Gasteiger partial charge < -0.3 is 13.9 Å². The molecular weight excluding hydrogens is 262 g/mol. The first kappa shape index (κ1) is 14.4. The maximum absolute atomic E-state index is 12.2. The number of azide groups is 1. The van der Waals surface area contributed by atoms with Crippen LogP contribution in [0, 0.1) is 5.41 Å². The standard InChI is InChI=1S/C13H17N3O4/c1-12(2,3)11-19-10(17)13(4,20-11)9(15-16-14)8-6-5-7-18-8/h5-7,9,11H,1-4H3/t9-,11-,13+/m1/s1. The van der Waals surface area contributed by atoms with Gasteiger partial charge in [0.25, 0.3) is 0 Å². The number of carbonyl (C=O) groups is 1. The fourth-order valence-electron chi connectivity index (χ4n) is 1.98. The Morgan fingerprint density at radius 2 is 2.20 bits per heavy atom. The van der Waals surface area contributed by atoms with Gasteiger partial charge in [0.15, 0.2) is 5.60 Å². The van der Waals surface area contributed by atoms with E-state index in [0.717, 1.165) is 0 Å². The van der Waals surface area contributed by atoms with Crippen molar-refractivity contribution in [2.45, 2.75) is 45.6 Å². The van der Waals surface area contributed by atoms with E-state index >= 15 is 0 Å². The molecule has 3 atom stereocenters. The minimum Gasteiger partial charge on any atom is -0.469 e.